The lowest BCUT2D eigenvalue weighted by Crippen LogP contribution is -2.18. The molecule has 0 aliphatic heterocycles. The number of carboxylic acids is 1. The Balaban J connectivity index is 2.74. The molecule has 0 radical (unpaired) electrons. The Bertz CT molecular complexity index is 428. The summed E-state index contributed by atoms with van der Waals surface area (Å²) < 4.78 is 0. The van der Waals surface area contributed by atoms with Crippen molar-refractivity contribution >= 4 is 17.4 Å². The smallest absolute Gasteiger partial charge is 0.335 e. The summed E-state index contributed by atoms with van der Waals surface area (Å²) in [5.74, 6) is -0.925. The van der Waals surface area contributed by atoms with E-state index in [-0.39, 0.29) is 11.0 Å². The van der Waals surface area contributed by atoms with Gasteiger partial charge in [-0.2, -0.15) is 5.10 Å². The summed E-state index contributed by atoms with van der Waals surface area (Å²) in [6.45, 7) is 8.21. The highest BCUT2D eigenvalue weighted by atomic mass is 16.4. The molecule has 4 heteroatoms. The van der Waals surface area contributed by atoms with E-state index in [0.29, 0.717) is 0 Å². The van der Waals surface area contributed by atoms with E-state index >= 15 is 0 Å². The lowest BCUT2D eigenvalue weighted by Gasteiger charge is -2.17. The summed E-state index contributed by atoms with van der Waals surface area (Å²) in [6, 6.07) is 6.49. The zero-order valence-electron chi connectivity index (χ0n) is 10.6. The molecule has 1 aromatic carbocycles. The topological polar surface area (TPSA) is 61.7 Å². The summed E-state index contributed by atoms with van der Waals surface area (Å²) in [6.07, 6.45) is 0. The Hall–Kier alpha value is -1.84. The van der Waals surface area contributed by atoms with Crippen molar-refractivity contribution < 1.29 is 9.90 Å². The molecule has 1 aromatic rings. The molecular formula is C13H18N2O2. The second-order valence-corrected chi connectivity index (χ2v) is 4.94. The number of hydrazone groups is 1. The zero-order chi connectivity index (χ0) is 13.1. The molecule has 0 bridgehead atoms. The largest absolute Gasteiger partial charge is 0.478 e. The lowest BCUT2D eigenvalue weighted by molar-refractivity contribution is 0.0697. The summed E-state index contributed by atoms with van der Waals surface area (Å²) >= 11 is 0. The van der Waals surface area contributed by atoms with Crippen molar-refractivity contribution in [3.63, 3.8) is 0 Å². The minimum absolute atomic E-state index is 0.0218. The molecule has 0 fully saturated rings. The second-order valence-electron chi connectivity index (χ2n) is 4.94. The number of hydrogen-bond acceptors (Lipinski definition) is 3. The number of carboxylic acid groups (broad SMARTS) is 1. The van der Waals surface area contributed by atoms with Gasteiger partial charge in [-0.3, -0.25) is 5.43 Å². The number of benzene rings is 1. The fourth-order valence-corrected chi connectivity index (χ4v) is 1.00. The summed E-state index contributed by atoms with van der Waals surface area (Å²) in [5, 5.41) is 13.0. The normalized spacial score (nSPS) is 12.4. The molecular weight excluding hydrogens is 216 g/mol. The highest BCUT2D eigenvalue weighted by Gasteiger charge is 2.13. The van der Waals surface area contributed by atoms with Crippen molar-refractivity contribution in [3.05, 3.63) is 29.8 Å². The van der Waals surface area contributed by atoms with Crippen LogP contribution >= 0.6 is 0 Å². The Morgan fingerprint density at radius 2 is 1.76 bits per heavy atom. The van der Waals surface area contributed by atoms with E-state index in [1.54, 1.807) is 24.3 Å². The average molecular weight is 234 g/mol. The van der Waals surface area contributed by atoms with Gasteiger partial charge in [0.05, 0.1) is 11.3 Å². The van der Waals surface area contributed by atoms with Crippen LogP contribution in [0.15, 0.2) is 29.4 Å². The summed E-state index contributed by atoms with van der Waals surface area (Å²) in [4.78, 5) is 10.7. The standard InChI is InChI=1S/C13H18N2O2/c1-9(13(2,3)4)14-15-11-7-5-10(6-8-11)12(16)17/h5-8,15H,1-4H3,(H,16,17)/b14-9+. The van der Waals surface area contributed by atoms with E-state index in [9.17, 15) is 4.79 Å². The van der Waals surface area contributed by atoms with Gasteiger partial charge in [-0.1, -0.05) is 20.8 Å². The highest BCUT2D eigenvalue weighted by molar-refractivity contribution is 5.88. The molecule has 1 rings (SSSR count). The molecule has 17 heavy (non-hydrogen) atoms. The minimum atomic E-state index is -0.925. The predicted molar refractivity (Wildman–Crippen MR) is 69.6 cm³/mol. The monoisotopic (exact) mass is 234 g/mol. The van der Waals surface area contributed by atoms with E-state index in [1.807, 2.05) is 6.92 Å². The molecule has 0 amide bonds. The predicted octanol–water partition coefficient (Wildman–Crippen LogP) is 3.22. The number of nitrogens with one attached hydrogen (secondary N) is 1. The Morgan fingerprint density at radius 1 is 1.24 bits per heavy atom. The Kier molecular flexibility index (Phi) is 3.89. The minimum Gasteiger partial charge on any atom is -0.478 e. The molecule has 0 saturated carbocycles. The Labute approximate surface area is 101 Å². The van der Waals surface area contributed by atoms with Gasteiger partial charge in [0.2, 0.25) is 0 Å². The van der Waals surface area contributed by atoms with Crippen molar-refractivity contribution in [3.8, 4) is 0 Å². The lowest BCUT2D eigenvalue weighted by atomic mass is 9.91. The average Bonchev–Trinajstić information content (AvgIpc) is 2.25. The van der Waals surface area contributed by atoms with Gasteiger partial charge in [0.1, 0.15) is 0 Å². The molecule has 4 nitrogen and oxygen atoms in total. The number of aromatic carboxylic acids is 1. The SMILES string of the molecule is C/C(=N\Nc1ccc(C(=O)O)cc1)C(C)(C)C. The van der Waals surface area contributed by atoms with Crippen LogP contribution in [-0.4, -0.2) is 16.8 Å². The van der Waals surface area contributed by atoms with Gasteiger partial charge in [0.15, 0.2) is 0 Å². The van der Waals surface area contributed by atoms with Crippen molar-refractivity contribution in [2.45, 2.75) is 27.7 Å². The molecule has 0 spiro atoms. The first-order chi connectivity index (χ1) is 7.80. The van der Waals surface area contributed by atoms with Crippen LogP contribution in [0.5, 0.6) is 0 Å². The van der Waals surface area contributed by atoms with Crippen molar-refractivity contribution in [2.75, 3.05) is 5.43 Å². The molecule has 0 aliphatic rings. The van der Waals surface area contributed by atoms with E-state index < -0.39 is 5.97 Å². The first-order valence-electron chi connectivity index (χ1n) is 5.45. The maximum atomic E-state index is 10.7. The van der Waals surface area contributed by atoms with E-state index in [2.05, 4.69) is 31.3 Å². The number of carbonyl (C=O) groups is 1. The van der Waals surface area contributed by atoms with Crippen molar-refractivity contribution in [2.24, 2.45) is 10.5 Å². The maximum absolute atomic E-state index is 10.7. The first kappa shape index (κ1) is 13.2. The van der Waals surface area contributed by atoms with Gasteiger partial charge >= 0.3 is 5.97 Å². The molecule has 0 saturated heterocycles. The Morgan fingerprint density at radius 3 is 2.18 bits per heavy atom. The fourth-order valence-electron chi connectivity index (χ4n) is 1.00. The number of rotatable bonds is 3. The van der Waals surface area contributed by atoms with Crippen LogP contribution in [0.1, 0.15) is 38.1 Å². The molecule has 0 unspecified atom stereocenters. The number of hydrogen-bond donors (Lipinski definition) is 2. The van der Waals surface area contributed by atoms with E-state index in [0.717, 1.165) is 11.4 Å². The summed E-state index contributed by atoms with van der Waals surface area (Å²) in [7, 11) is 0. The van der Waals surface area contributed by atoms with E-state index in [4.69, 9.17) is 5.11 Å². The number of anilines is 1. The maximum Gasteiger partial charge on any atom is 0.335 e. The van der Waals surface area contributed by atoms with Crippen molar-refractivity contribution in [1.82, 2.24) is 0 Å². The van der Waals surface area contributed by atoms with Crippen LogP contribution in [-0.2, 0) is 0 Å². The van der Waals surface area contributed by atoms with Gasteiger partial charge in [-0.05, 0) is 31.2 Å². The molecule has 0 atom stereocenters. The van der Waals surface area contributed by atoms with Gasteiger partial charge in [0.25, 0.3) is 0 Å². The van der Waals surface area contributed by atoms with Gasteiger partial charge < -0.3 is 5.11 Å². The van der Waals surface area contributed by atoms with Crippen LogP contribution < -0.4 is 5.43 Å². The van der Waals surface area contributed by atoms with Gasteiger partial charge in [-0.15, -0.1) is 0 Å². The van der Waals surface area contributed by atoms with Gasteiger partial charge in [-0.25, -0.2) is 4.79 Å². The van der Waals surface area contributed by atoms with Crippen LogP contribution in [0, 0.1) is 5.41 Å². The molecule has 2 N–H and O–H groups in total. The van der Waals surface area contributed by atoms with E-state index in [1.165, 1.54) is 0 Å². The molecule has 0 heterocycles. The van der Waals surface area contributed by atoms with Crippen molar-refractivity contribution in [1.29, 1.82) is 0 Å². The molecule has 92 valence electrons. The fraction of sp³-hybridized carbons (Fsp3) is 0.385. The molecule has 0 aromatic heterocycles. The second kappa shape index (κ2) is 4.99. The van der Waals surface area contributed by atoms with Crippen LogP contribution in [0.25, 0.3) is 0 Å². The quantitative estimate of drug-likeness (QED) is 0.623. The molecule has 0 aliphatic carbocycles. The zero-order valence-corrected chi connectivity index (χ0v) is 10.6. The van der Waals surface area contributed by atoms with Gasteiger partial charge in [0, 0.05) is 11.1 Å². The third kappa shape index (κ3) is 3.90. The third-order valence-electron chi connectivity index (χ3n) is 2.57. The third-order valence-corrected chi connectivity index (χ3v) is 2.57. The van der Waals surface area contributed by atoms with Crippen LogP contribution in [0.2, 0.25) is 0 Å². The number of nitrogens with zero attached hydrogens (tertiary/aromatic N) is 1. The highest BCUT2D eigenvalue weighted by Crippen LogP contribution is 2.16. The van der Waals surface area contributed by atoms with Crippen LogP contribution in [0.3, 0.4) is 0 Å². The van der Waals surface area contributed by atoms with Crippen LogP contribution in [0.4, 0.5) is 5.69 Å². The summed E-state index contributed by atoms with van der Waals surface area (Å²) in [5.41, 5.74) is 4.97. The first-order valence-corrected chi connectivity index (χ1v) is 5.45.